The molecule has 6 nitrogen and oxygen atoms in total. The Morgan fingerprint density at radius 1 is 0.895 bits per heavy atom. The summed E-state index contributed by atoms with van der Waals surface area (Å²) in [6.45, 7) is 0.516. The Bertz CT molecular complexity index is 1390. The smallest absolute Gasteiger partial charge is 0.254 e. The molecule has 12 heteroatoms. The van der Waals surface area contributed by atoms with Gasteiger partial charge in [0, 0.05) is 25.3 Å². The zero-order valence-corrected chi connectivity index (χ0v) is 24.1. The van der Waals surface area contributed by atoms with Gasteiger partial charge >= 0.3 is 0 Å². The highest BCUT2D eigenvalue weighted by Gasteiger charge is 2.44. The molecule has 1 saturated carbocycles. The van der Waals surface area contributed by atoms with Crippen LogP contribution in [-0.4, -0.2) is 47.2 Å². The Hall–Kier alpha value is -2.17. The fourth-order valence-electron chi connectivity index (χ4n) is 4.24. The van der Waals surface area contributed by atoms with Crippen LogP contribution in [0.3, 0.4) is 0 Å². The van der Waals surface area contributed by atoms with Crippen LogP contribution in [0.1, 0.15) is 23.2 Å². The molecular weight excluding hydrogens is 730 g/mol. The lowest BCUT2D eigenvalue weighted by Crippen LogP contribution is -2.67. The number of nitrogens with one attached hydrogen (secondary N) is 1. The van der Waals surface area contributed by atoms with Crippen molar-refractivity contribution in [3.8, 4) is 0 Å². The molecular formula is C26H22F4I2N4O2. The van der Waals surface area contributed by atoms with Crippen LogP contribution < -0.4 is 15.6 Å². The number of hydrogen-bond acceptors (Lipinski definition) is 5. The van der Waals surface area contributed by atoms with Crippen LogP contribution >= 0.6 is 45.2 Å². The lowest BCUT2D eigenvalue weighted by molar-refractivity contribution is -0.0787. The molecule has 2 aliphatic rings. The third-order valence-corrected chi connectivity index (χ3v) is 7.78. The second-order valence-corrected chi connectivity index (χ2v) is 12.0. The maximum absolute atomic E-state index is 15.7. The number of carbonyl (C=O) groups is 1. The molecule has 0 unspecified atom stereocenters. The van der Waals surface area contributed by atoms with Crippen molar-refractivity contribution < 1.29 is 27.6 Å². The van der Waals surface area contributed by atoms with Crippen LogP contribution in [0.2, 0.25) is 0 Å². The van der Waals surface area contributed by atoms with Gasteiger partial charge in [-0.15, -0.1) is 0 Å². The number of carbonyl (C=O) groups excluding carboxylic acids is 1. The van der Waals surface area contributed by atoms with E-state index in [1.165, 1.54) is 35.2 Å². The van der Waals surface area contributed by atoms with Crippen molar-refractivity contribution >= 4 is 73.8 Å². The van der Waals surface area contributed by atoms with Crippen LogP contribution in [0.15, 0.2) is 54.6 Å². The van der Waals surface area contributed by atoms with Crippen molar-refractivity contribution in [2.24, 2.45) is 0 Å². The van der Waals surface area contributed by atoms with Gasteiger partial charge < -0.3 is 15.3 Å². The number of nitrogens with zero attached hydrogens (tertiary/aromatic N) is 3. The summed E-state index contributed by atoms with van der Waals surface area (Å²) >= 11 is 3.75. The summed E-state index contributed by atoms with van der Waals surface area (Å²) in [6.07, 6.45) is 2.12. The highest BCUT2D eigenvalue weighted by atomic mass is 127. The van der Waals surface area contributed by atoms with Gasteiger partial charge in [0.25, 0.3) is 5.91 Å². The molecule has 200 valence electrons. The first kappa shape index (κ1) is 27.4. The molecule has 3 aromatic carbocycles. The molecule has 3 aromatic rings. The van der Waals surface area contributed by atoms with E-state index in [0.29, 0.717) is 19.7 Å². The number of anilines is 4. The normalized spacial score (nSPS) is 16.2. The lowest BCUT2D eigenvalue weighted by atomic mass is 9.93. The molecule has 0 radical (unpaired) electrons. The van der Waals surface area contributed by atoms with Crippen LogP contribution in [0.25, 0.3) is 0 Å². The summed E-state index contributed by atoms with van der Waals surface area (Å²) in [7, 11) is 0. The van der Waals surface area contributed by atoms with Gasteiger partial charge in [-0.25, -0.2) is 8.78 Å². The molecule has 0 spiro atoms. The summed E-state index contributed by atoms with van der Waals surface area (Å²) in [5, 5.41) is 13.7. The zero-order valence-electron chi connectivity index (χ0n) is 19.8. The Balaban J connectivity index is 1.47. The average molecular weight is 752 g/mol. The van der Waals surface area contributed by atoms with Crippen molar-refractivity contribution in [1.29, 1.82) is 0 Å². The Labute approximate surface area is 243 Å². The molecule has 1 aliphatic carbocycles. The highest BCUT2D eigenvalue weighted by molar-refractivity contribution is 14.1. The first-order valence-electron chi connectivity index (χ1n) is 11.8. The van der Waals surface area contributed by atoms with Crippen LogP contribution in [0, 0.1) is 18.8 Å². The van der Waals surface area contributed by atoms with Crippen molar-refractivity contribution in [3.63, 3.8) is 0 Å². The molecule has 38 heavy (non-hydrogen) atoms. The van der Waals surface area contributed by atoms with E-state index in [1.807, 2.05) is 45.2 Å². The largest absolute Gasteiger partial charge is 0.385 e. The number of halogens is 6. The standard InChI is InChI=1S/C26H22F4I2N4O2/c27-19-10-16(31)2-7-21(19)35(29)23-6-1-15(9-24(23)36(30)22-8-3-17(32)11-20(22)28)25(37)34-13-26(38,14-34)12-33-18-4-5-18/h1-3,6-11,18,33,38H,4-5,12-14H2. The Kier molecular flexibility index (Phi) is 7.77. The summed E-state index contributed by atoms with van der Waals surface area (Å²) in [4.78, 5) is 14.5. The quantitative estimate of drug-likeness (QED) is 0.164. The zero-order chi connectivity index (χ0) is 27.2. The van der Waals surface area contributed by atoms with E-state index in [2.05, 4.69) is 5.32 Å². The van der Waals surface area contributed by atoms with Gasteiger partial charge in [-0.1, -0.05) is 8.96 Å². The first-order valence-corrected chi connectivity index (χ1v) is 13.9. The SMILES string of the molecule is O=C(c1ccc(N(F)c2ccc(I)cc2F)c(N(F)c2ccc(I)cc2F)c1)N1CC(O)(CNC2CC2)C1. The fourth-order valence-corrected chi connectivity index (χ4v) is 5.15. The van der Waals surface area contributed by atoms with Crippen LogP contribution in [-0.2, 0) is 0 Å². The summed E-state index contributed by atoms with van der Waals surface area (Å²) in [6, 6.07) is 11.5. The van der Waals surface area contributed by atoms with E-state index in [9.17, 15) is 18.7 Å². The number of β-amino-alcohol motifs (C(OH)–C–C–N with tert-alkyl or cyclic N) is 1. The molecule has 2 N–H and O–H groups in total. The molecule has 0 bridgehead atoms. The number of likely N-dealkylation sites (tertiary alicyclic amines) is 1. The molecule has 1 saturated heterocycles. The molecule has 1 heterocycles. The second kappa shape index (κ2) is 10.8. The van der Waals surface area contributed by atoms with Crippen LogP contribution in [0.5, 0.6) is 0 Å². The van der Waals surface area contributed by atoms with E-state index in [-0.39, 0.29) is 28.9 Å². The molecule has 1 aliphatic heterocycles. The third kappa shape index (κ3) is 5.72. The number of aliphatic hydroxyl groups is 1. The molecule has 5 rings (SSSR count). The monoisotopic (exact) mass is 752 g/mol. The van der Waals surface area contributed by atoms with Gasteiger partial charge in [0.05, 0.1) is 13.1 Å². The number of rotatable bonds is 8. The van der Waals surface area contributed by atoms with E-state index in [0.717, 1.165) is 37.1 Å². The maximum Gasteiger partial charge on any atom is 0.254 e. The van der Waals surface area contributed by atoms with Gasteiger partial charge in [0.15, 0.2) is 11.6 Å². The minimum Gasteiger partial charge on any atom is -0.385 e. The van der Waals surface area contributed by atoms with Crippen molar-refractivity contribution in [1.82, 2.24) is 10.2 Å². The van der Waals surface area contributed by atoms with Gasteiger partial charge in [0.2, 0.25) is 0 Å². The van der Waals surface area contributed by atoms with Crippen molar-refractivity contribution in [2.75, 3.05) is 29.9 Å². The van der Waals surface area contributed by atoms with E-state index < -0.39 is 45.9 Å². The lowest BCUT2D eigenvalue weighted by Gasteiger charge is -2.46. The predicted molar refractivity (Wildman–Crippen MR) is 153 cm³/mol. The molecule has 2 fully saturated rings. The van der Waals surface area contributed by atoms with Gasteiger partial charge in [-0.2, -0.15) is 10.2 Å². The minimum atomic E-state index is -1.06. The van der Waals surface area contributed by atoms with Crippen LogP contribution in [0.4, 0.5) is 40.5 Å². The topological polar surface area (TPSA) is 59.1 Å². The highest BCUT2D eigenvalue weighted by Crippen LogP contribution is 2.41. The van der Waals surface area contributed by atoms with Gasteiger partial charge in [0.1, 0.15) is 28.4 Å². The molecule has 0 aromatic heterocycles. The van der Waals surface area contributed by atoms with Crippen molar-refractivity contribution in [2.45, 2.75) is 24.5 Å². The Morgan fingerprint density at radius 3 is 1.95 bits per heavy atom. The summed E-state index contributed by atoms with van der Waals surface area (Å²) in [5.41, 5.74) is -2.96. The second-order valence-electron chi connectivity index (χ2n) is 9.50. The van der Waals surface area contributed by atoms with E-state index in [1.54, 1.807) is 0 Å². The predicted octanol–water partition coefficient (Wildman–Crippen LogP) is 6.16. The molecule has 1 amide bonds. The minimum absolute atomic E-state index is 0.00556. The van der Waals surface area contributed by atoms with E-state index >= 15 is 8.96 Å². The van der Waals surface area contributed by atoms with Crippen molar-refractivity contribution in [3.05, 3.63) is 78.9 Å². The summed E-state index contributed by atoms with van der Waals surface area (Å²) in [5.74, 6) is -2.28. The number of hydrogen-bond donors (Lipinski definition) is 2. The Morgan fingerprint density at radius 2 is 1.42 bits per heavy atom. The van der Waals surface area contributed by atoms with E-state index in [4.69, 9.17) is 0 Å². The maximum atomic E-state index is 15.7. The third-order valence-electron chi connectivity index (χ3n) is 6.44. The number of benzene rings is 3. The number of amides is 1. The first-order chi connectivity index (χ1) is 18.0. The summed E-state index contributed by atoms with van der Waals surface area (Å²) < 4.78 is 61.6. The fraction of sp³-hybridized carbons (Fsp3) is 0.269. The van der Waals surface area contributed by atoms with Gasteiger partial charge in [-0.3, -0.25) is 4.79 Å². The average Bonchev–Trinajstić information content (AvgIpc) is 3.69. The molecule has 0 atom stereocenters. The van der Waals surface area contributed by atoms with Gasteiger partial charge in [-0.05, 0) is 113 Å².